The van der Waals surface area contributed by atoms with E-state index in [2.05, 4.69) is 20.6 Å². The van der Waals surface area contributed by atoms with E-state index in [1.165, 1.54) is 23.2 Å². The Morgan fingerprint density at radius 3 is 2.43 bits per heavy atom. The SMILES string of the molecule is N=C(c1ccnc(N)c1Nc1ccc(C(=O)Nc2cc(C(F)(F)F)ccn2)cc1)[C@@H]1CCCN(C(=O)C2CC2(F)F)C1. The molecule has 42 heavy (non-hydrogen) atoms. The fourth-order valence-electron chi connectivity index (χ4n) is 4.88. The van der Waals surface area contributed by atoms with Gasteiger partial charge >= 0.3 is 6.18 Å². The fourth-order valence-corrected chi connectivity index (χ4v) is 4.88. The van der Waals surface area contributed by atoms with E-state index in [0.29, 0.717) is 36.3 Å². The quantitative estimate of drug-likeness (QED) is 0.218. The molecule has 1 aromatic carbocycles. The number of aromatic nitrogens is 2. The van der Waals surface area contributed by atoms with E-state index < -0.39 is 47.7 Å². The van der Waals surface area contributed by atoms with Crippen molar-refractivity contribution in [1.29, 1.82) is 5.41 Å². The lowest BCUT2D eigenvalue weighted by molar-refractivity contribution is -0.138. The third kappa shape index (κ3) is 6.16. The molecule has 1 aliphatic carbocycles. The van der Waals surface area contributed by atoms with Crippen LogP contribution in [0.2, 0.25) is 0 Å². The minimum Gasteiger partial charge on any atom is -0.382 e. The van der Waals surface area contributed by atoms with Crippen LogP contribution in [0.5, 0.6) is 0 Å². The first kappa shape index (κ1) is 28.9. The minimum absolute atomic E-state index is 0.0936. The van der Waals surface area contributed by atoms with Gasteiger partial charge in [0.1, 0.15) is 17.6 Å². The van der Waals surface area contributed by atoms with Gasteiger partial charge in [0, 0.05) is 60.3 Å². The summed E-state index contributed by atoms with van der Waals surface area (Å²) >= 11 is 0. The first-order valence-electron chi connectivity index (χ1n) is 13.0. The molecule has 2 atom stereocenters. The monoisotopic (exact) mass is 587 g/mol. The van der Waals surface area contributed by atoms with E-state index in [9.17, 15) is 31.5 Å². The number of rotatable bonds is 7. The van der Waals surface area contributed by atoms with E-state index >= 15 is 0 Å². The summed E-state index contributed by atoms with van der Waals surface area (Å²) in [5, 5.41) is 14.3. The maximum Gasteiger partial charge on any atom is 0.416 e. The molecule has 0 bridgehead atoms. The number of piperidine rings is 1. The number of hydrogen-bond donors (Lipinski definition) is 4. The Morgan fingerprint density at radius 1 is 1.07 bits per heavy atom. The Bertz CT molecular complexity index is 1530. The molecule has 5 rings (SSSR count). The molecule has 3 heterocycles. The van der Waals surface area contributed by atoms with E-state index in [1.807, 2.05) is 0 Å². The van der Waals surface area contributed by atoms with Crippen LogP contribution in [0.1, 0.15) is 40.7 Å². The van der Waals surface area contributed by atoms with E-state index in [0.717, 1.165) is 18.3 Å². The van der Waals surface area contributed by atoms with Crippen molar-refractivity contribution in [2.24, 2.45) is 11.8 Å². The first-order chi connectivity index (χ1) is 19.8. The Hall–Kier alpha value is -4.62. The number of halogens is 5. The van der Waals surface area contributed by atoms with Gasteiger partial charge in [-0.2, -0.15) is 13.2 Å². The summed E-state index contributed by atoms with van der Waals surface area (Å²) in [7, 11) is 0. The zero-order chi connectivity index (χ0) is 30.2. The Kier molecular flexibility index (Phi) is 7.56. The number of likely N-dealkylation sites (tertiary alicyclic amines) is 1. The largest absolute Gasteiger partial charge is 0.416 e. The van der Waals surface area contributed by atoms with Gasteiger partial charge in [-0.15, -0.1) is 0 Å². The number of benzene rings is 1. The second kappa shape index (κ2) is 11.0. The number of carbonyl (C=O) groups excluding carboxylic acids is 2. The molecule has 14 heteroatoms. The Morgan fingerprint density at radius 2 is 1.76 bits per heavy atom. The molecule has 0 radical (unpaired) electrons. The lowest BCUT2D eigenvalue weighted by Crippen LogP contribution is -2.43. The van der Waals surface area contributed by atoms with Crippen molar-refractivity contribution < 1.29 is 31.5 Å². The van der Waals surface area contributed by atoms with Gasteiger partial charge in [-0.3, -0.25) is 9.59 Å². The van der Waals surface area contributed by atoms with Crippen LogP contribution in [0.3, 0.4) is 0 Å². The van der Waals surface area contributed by atoms with Gasteiger partial charge in [-0.1, -0.05) is 0 Å². The van der Waals surface area contributed by atoms with Crippen molar-refractivity contribution in [2.45, 2.75) is 31.4 Å². The highest BCUT2D eigenvalue weighted by Crippen LogP contribution is 2.50. The van der Waals surface area contributed by atoms with Crippen LogP contribution in [0.25, 0.3) is 0 Å². The fraction of sp³-hybridized carbons (Fsp3) is 0.321. The predicted octanol–water partition coefficient (Wildman–Crippen LogP) is 5.34. The van der Waals surface area contributed by atoms with Crippen LogP contribution in [-0.2, 0) is 11.0 Å². The average molecular weight is 588 g/mol. The second-order valence-corrected chi connectivity index (χ2v) is 10.3. The van der Waals surface area contributed by atoms with Gasteiger partial charge < -0.3 is 26.7 Å². The number of nitrogens with two attached hydrogens (primary N) is 1. The van der Waals surface area contributed by atoms with Crippen LogP contribution < -0.4 is 16.4 Å². The van der Waals surface area contributed by atoms with Crippen molar-refractivity contribution in [2.75, 3.05) is 29.5 Å². The van der Waals surface area contributed by atoms with Crippen molar-refractivity contribution in [1.82, 2.24) is 14.9 Å². The number of hydrogen-bond acceptors (Lipinski definition) is 7. The number of anilines is 4. The maximum atomic E-state index is 13.5. The molecule has 5 N–H and O–H groups in total. The minimum atomic E-state index is -4.58. The molecule has 9 nitrogen and oxygen atoms in total. The summed E-state index contributed by atoms with van der Waals surface area (Å²) < 4.78 is 65.8. The molecular formula is C28H26F5N7O2. The molecule has 2 amide bonds. The molecule has 3 aromatic rings. The topological polar surface area (TPSA) is 137 Å². The molecule has 2 aromatic heterocycles. The number of nitrogen functional groups attached to an aromatic ring is 1. The predicted molar refractivity (Wildman–Crippen MR) is 145 cm³/mol. The summed E-state index contributed by atoms with van der Waals surface area (Å²) in [4.78, 5) is 34.4. The summed E-state index contributed by atoms with van der Waals surface area (Å²) in [6.45, 7) is 0.513. The number of pyridine rings is 2. The lowest BCUT2D eigenvalue weighted by Gasteiger charge is -2.33. The van der Waals surface area contributed by atoms with Gasteiger partial charge in [0.25, 0.3) is 11.8 Å². The summed E-state index contributed by atoms with van der Waals surface area (Å²) in [6, 6.07) is 9.12. The van der Waals surface area contributed by atoms with Crippen LogP contribution in [0.15, 0.2) is 54.9 Å². The van der Waals surface area contributed by atoms with E-state index in [4.69, 9.17) is 11.1 Å². The summed E-state index contributed by atoms with van der Waals surface area (Å²) in [5.41, 5.74) is 6.74. The van der Waals surface area contributed by atoms with Crippen LogP contribution in [0.4, 0.5) is 45.0 Å². The van der Waals surface area contributed by atoms with Crippen LogP contribution in [0, 0.1) is 17.2 Å². The third-order valence-electron chi connectivity index (χ3n) is 7.28. The number of nitrogens with one attached hydrogen (secondary N) is 3. The van der Waals surface area contributed by atoms with Gasteiger partial charge in [0.05, 0.1) is 11.3 Å². The molecule has 1 aliphatic heterocycles. The number of carbonyl (C=O) groups is 2. The molecule has 1 saturated carbocycles. The Labute approximate surface area is 236 Å². The molecule has 2 fully saturated rings. The summed E-state index contributed by atoms with van der Waals surface area (Å²) in [6.07, 6.45) is -1.47. The number of alkyl halides is 5. The average Bonchev–Trinajstić information content (AvgIpc) is 3.61. The molecule has 1 saturated heterocycles. The highest BCUT2D eigenvalue weighted by molar-refractivity contribution is 6.07. The smallest absolute Gasteiger partial charge is 0.382 e. The third-order valence-corrected chi connectivity index (χ3v) is 7.28. The lowest BCUT2D eigenvalue weighted by atomic mass is 9.88. The summed E-state index contributed by atoms with van der Waals surface area (Å²) in [5.74, 6) is -6.05. The molecule has 220 valence electrons. The zero-order valence-electron chi connectivity index (χ0n) is 22.0. The van der Waals surface area contributed by atoms with E-state index in [-0.39, 0.29) is 29.5 Å². The number of amides is 2. The van der Waals surface area contributed by atoms with Crippen molar-refractivity contribution >= 4 is 40.5 Å². The molecular weight excluding hydrogens is 561 g/mol. The van der Waals surface area contributed by atoms with E-state index in [1.54, 1.807) is 18.2 Å². The van der Waals surface area contributed by atoms with Gasteiger partial charge in [0.2, 0.25) is 5.91 Å². The second-order valence-electron chi connectivity index (χ2n) is 10.3. The van der Waals surface area contributed by atoms with Crippen molar-refractivity contribution in [3.8, 4) is 0 Å². The molecule has 1 unspecified atom stereocenters. The highest BCUT2D eigenvalue weighted by Gasteiger charge is 2.62. The first-order valence-corrected chi connectivity index (χ1v) is 13.0. The van der Waals surface area contributed by atoms with Gasteiger partial charge in [0.15, 0.2) is 0 Å². The van der Waals surface area contributed by atoms with Gasteiger partial charge in [-0.25, -0.2) is 18.7 Å². The molecule has 2 aliphatic rings. The molecule has 0 spiro atoms. The van der Waals surface area contributed by atoms with Gasteiger partial charge in [-0.05, 0) is 55.3 Å². The zero-order valence-corrected chi connectivity index (χ0v) is 22.0. The van der Waals surface area contributed by atoms with Crippen LogP contribution >= 0.6 is 0 Å². The van der Waals surface area contributed by atoms with Crippen molar-refractivity contribution in [3.63, 3.8) is 0 Å². The normalized spacial score (nSPS) is 19.6. The van der Waals surface area contributed by atoms with Crippen molar-refractivity contribution in [3.05, 3.63) is 71.5 Å². The number of nitrogens with zero attached hydrogens (tertiary/aromatic N) is 3. The maximum absolute atomic E-state index is 13.5. The Balaban J connectivity index is 1.27. The standard InChI is InChI=1S/C28H26F5N7O2/c29-27(30)13-20(27)26(42)40-11-1-2-16(14-40)22(34)19-8-10-37-24(35)23(19)38-18-5-3-15(4-6-18)25(41)39-21-12-17(7-9-36-21)28(31,32)33/h3-10,12,16,20,34,38H,1-2,11,13-14H2,(H2,35,37)(H,36,39,41)/t16-,20?/m1/s1. The van der Waals surface area contributed by atoms with Crippen LogP contribution in [-0.4, -0.2) is 51.4 Å². The highest BCUT2D eigenvalue weighted by atomic mass is 19.4.